The van der Waals surface area contributed by atoms with Crippen LogP contribution >= 0.6 is 0 Å². The van der Waals surface area contributed by atoms with Crippen molar-refractivity contribution in [2.75, 3.05) is 13.2 Å². The fraction of sp³-hybridized carbons (Fsp3) is 0.533. The zero-order valence-electron chi connectivity index (χ0n) is 12.7. The minimum absolute atomic E-state index is 0.202. The molecular weight excluding hydrogens is 297 g/mol. The lowest BCUT2D eigenvalue weighted by Crippen LogP contribution is -2.50. The van der Waals surface area contributed by atoms with Gasteiger partial charge in [-0.2, -0.15) is 13.2 Å². The number of rotatable bonds is 7. The minimum Gasteiger partial charge on any atom is -0.484 e. The highest BCUT2D eigenvalue weighted by Gasteiger charge is 2.30. The van der Waals surface area contributed by atoms with Gasteiger partial charge < -0.3 is 15.8 Å². The monoisotopic (exact) mass is 318 g/mol. The maximum Gasteiger partial charge on any atom is 0.416 e. The number of carbonyl (C=O) groups excluding carboxylic acids is 1. The third kappa shape index (κ3) is 5.55. The summed E-state index contributed by atoms with van der Waals surface area (Å²) in [5.74, 6) is -0.162. The Labute approximate surface area is 127 Å². The Balaban J connectivity index is 2.44. The molecule has 0 aliphatic rings. The Morgan fingerprint density at radius 2 is 1.73 bits per heavy atom. The summed E-state index contributed by atoms with van der Waals surface area (Å²) in [6.45, 7) is 3.94. The van der Waals surface area contributed by atoms with E-state index < -0.39 is 17.3 Å². The SMILES string of the molecule is CCC(N)(CC)CNC(=O)COc1ccc(C(F)(F)F)cc1. The van der Waals surface area contributed by atoms with E-state index in [0.29, 0.717) is 6.54 Å². The quantitative estimate of drug-likeness (QED) is 0.812. The molecule has 0 fully saturated rings. The van der Waals surface area contributed by atoms with Gasteiger partial charge in [0.1, 0.15) is 5.75 Å². The van der Waals surface area contributed by atoms with Crippen LogP contribution in [0.5, 0.6) is 5.75 Å². The Morgan fingerprint density at radius 3 is 2.18 bits per heavy atom. The lowest BCUT2D eigenvalue weighted by Gasteiger charge is -2.26. The lowest BCUT2D eigenvalue weighted by molar-refractivity contribution is -0.137. The number of carbonyl (C=O) groups is 1. The van der Waals surface area contributed by atoms with E-state index in [1.165, 1.54) is 12.1 Å². The molecule has 0 saturated heterocycles. The van der Waals surface area contributed by atoms with Gasteiger partial charge in [0.15, 0.2) is 6.61 Å². The zero-order chi connectivity index (χ0) is 16.8. The van der Waals surface area contributed by atoms with Crippen molar-refractivity contribution in [2.24, 2.45) is 5.73 Å². The molecule has 1 amide bonds. The van der Waals surface area contributed by atoms with Gasteiger partial charge in [-0.3, -0.25) is 4.79 Å². The van der Waals surface area contributed by atoms with Crippen LogP contribution in [0.3, 0.4) is 0 Å². The molecule has 0 aliphatic heterocycles. The first-order valence-electron chi connectivity index (χ1n) is 7.06. The summed E-state index contributed by atoms with van der Waals surface area (Å²) in [6, 6.07) is 4.18. The fourth-order valence-electron chi connectivity index (χ4n) is 1.71. The van der Waals surface area contributed by atoms with E-state index in [1.807, 2.05) is 13.8 Å². The molecule has 0 unspecified atom stereocenters. The lowest BCUT2D eigenvalue weighted by atomic mass is 9.94. The van der Waals surface area contributed by atoms with Crippen LogP contribution in [0.1, 0.15) is 32.3 Å². The maximum absolute atomic E-state index is 12.4. The molecule has 3 N–H and O–H groups in total. The normalized spacial score (nSPS) is 12.1. The summed E-state index contributed by atoms with van der Waals surface area (Å²) >= 11 is 0. The van der Waals surface area contributed by atoms with Crippen molar-refractivity contribution in [1.82, 2.24) is 5.32 Å². The molecule has 0 bridgehead atoms. The van der Waals surface area contributed by atoms with Crippen molar-refractivity contribution in [3.8, 4) is 5.75 Å². The van der Waals surface area contributed by atoms with Gasteiger partial charge in [0.05, 0.1) is 5.56 Å². The average Bonchev–Trinajstić information content (AvgIpc) is 2.50. The molecule has 1 aromatic rings. The molecule has 0 aromatic heterocycles. The largest absolute Gasteiger partial charge is 0.484 e. The van der Waals surface area contributed by atoms with Crippen LogP contribution < -0.4 is 15.8 Å². The molecule has 0 heterocycles. The Hall–Kier alpha value is -1.76. The van der Waals surface area contributed by atoms with E-state index >= 15 is 0 Å². The van der Waals surface area contributed by atoms with Crippen LogP contribution in [-0.2, 0) is 11.0 Å². The van der Waals surface area contributed by atoms with Crippen LogP contribution in [0.15, 0.2) is 24.3 Å². The Morgan fingerprint density at radius 1 is 1.18 bits per heavy atom. The number of ether oxygens (including phenoxy) is 1. The minimum atomic E-state index is -4.39. The second kappa shape index (κ2) is 7.49. The molecule has 0 atom stereocenters. The van der Waals surface area contributed by atoms with Gasteiger partial charge >= 0.3 is 6.18 Å². The molecule has 0 spiro atoms. The first-order valence-corrected chi connectivity index (χ1v) is 7.06. The topological polar surface area (TPSA) is 64.3 Å². The van der Waals surface area contributed by atoms with Crippen molar-refractivity contribution in [3.05, 3.63) is 29.8 Å². The molecule has 0 aliphatic carbocycles. The average molecular weight is 318 g/mol. The molecule has 7 heteroatoms. The number of benzene rings is 1. The van der Waals surface area contributed by atoms with Crippen molar-refractivity contribution in [2.45, 2.75) is 38.4 Å². The van der Waals surface area contributed by atoms with Gasteiger partial charge in [-0.1, -0.05) is 13.8 Å². The van der Waals surface area contributed by atoms with Crippen molar-refractivity contribution >= 4 is 5.91 Å². The van der Waals surface area contributed by atoms with Crippen LogP contribution in [0.25, 0.3) is 0 Å². The van der Waals surface area contributed by atoms with Gasteiger partial charge in [-0.15, -0.1) is 0 Å². The third-order valence-electron chi connectivity index (χ3n) is 3.60. The molecule has 0 saturated carbocycles. The van der Waals surface area contributed by atoms with E-state index in [1.54, 1.807) is 0 Å². The number of alkyl halides is 3. The highest BCUT2D eigenvalue weighted by Crippen LogP contribution is 2.30. The van der Waals surface area contributed by atoms with E-state index in [0.717, 1.165) is 25.0 Å². The van der Waals surface area contributed by atoms with Crippen LogP contribution in [0.4, 0.5) is 13.2 Å². The smallest absolute Gasteiger partial charge is 0.416 e. The summed E-state index contributed by atoms with van der Waals surface area (Å²) in [5, 5.41) is 2.66. The summed E-state index contributed by atoms with van der Waals surface area (Å²) < 4.78 is 42.3. The molecule has 0 radical (unpaired) electrons. The Kier molecular flexibility index (Phi) is 6.22. The van der Waals surface area contributed by atoms with E-state index in [9.17, 15) is 18.0 Å². The highest BCUT2D eigenvalue weighted by molar-refractivity contribution is 5.77. The number of amides is 1. The van der Waals surface area contributed by atoms with Gasteiger partial charge in [-0.25, -0.2) is 0 Å². The molecular formula is C15H21F3N2O2. The third-order valence-corrected chi connectivity index (χ3v) is 3.60. The van der Waals surface area contributed by atoms with Gasteiger partial charge in [-0.05, 0) is 37.1 Å². The summed E-state index contributed by atoms with van der Waals surface area (Å²) in [6.07, 6.45) is -2.94. The molecule has 1 rings (SSSR count). The van der Waals surface area contributed by atoms with Gasteiger partial charge in [0, 0.05) is 12.1 Å². The first-order chi connectivity index (χ1) is 10.2. The predicted molar refractivity (Wildman–Crippen MR) is 77.4 cm³/mol. The number of hydrogen-bond donors (Lipinski definition) is 2. The second-order valence-electron chi connectivity index (χ2n) is 5.16. The van der Waals surface area contributed by atoms with E-state index in [4.69, 9.17) is 10.5 Å². The van der Waals surface area contributed by atoms with Gasteiger partial charge in [0.2, 0.25) is 0 Å². The predicted octanol–water partition coefficient (Wildman–Crippen LogP) is 2.72. The molecule has 124 valence electrons. The molecule has 4 nitrogen and oxygen atoms in total. The summed E-state index contributed by atoms with van der Waals surface area (Å²) in [4.78, 5) is 11.6. The van der Waals surface area contributed by atoms with Crippen LogP contribution in [0, 0.1) is 0 Å². The van der Waals surface area contributed by atoms with E-state index in [2.05, 4.69) is 5.32 Å². The molecule has 22 heavy (non-hydrogen) atoms. The first kappa shape index (κ1) is 18.3. The maximum atomic E-state index is 12.4. The zero-order valence-corrected chi connectivity index (χ0v) is 12.7. The van der Waals surface area contributed by atoms with Gasteiger partial charge in [0.25, 0.3) is 5.91 Å². The van der Waals surface area contributed by atoms with Crippen molar-refractivity contribution in [1.29, 1.82) is 0 Å². The number of halogens is 3. The van der Waals surface area contributed by atoms with Crippen molar-refractivity contribution in [3.63, 3.8) is 0 Å². The van der Waals surface area contributed by atoms with Crippen LogP contribution in [0.2, 0.25) is 0 Å². The van der Waals surface area contributed by atoms with E-state index in [-0.39, 0.29) is 18.3 Å². The van der Waals surface area contributed by atoms with Crippen LogP contribution in [-0.4, -0.2) is 24.6 Å². The Bertz CT molecular complexity index is 483. The number of hydrogen-bond acceptors (Lipinski definition) is 3. The standard InChI is InChI=1S/C15H21F3N2O2/c1-3-14(19,4-2)10-20-13(21)9-22-12-7-5-11(6-8-12)15(16,17)18/h5-8H,3-4,9-10,19H2,1-2H3,(H,20,21). The number of nitrogens with two attached hydrogens (primary N) is 1. The number of nitrogens with one attached hydrogen (secondary N) is 1. The summed E-state index contributed by atoms with van der Waals surface area (Å²) in [5.41, 5.74) is 4.83. The second-order valence-corrected chi connectivity index (χ2v) is 5.16. The van der Waals surface area contributed by atoms with Crippen molar-refractivity contribution < 1.29 is 22.7 Å². The highest BCUT2D eigenvalue weighted by atomic mass is 19.4. The molecule has 1 aromatic carbocycles. The fourth-order valence-corrected chi connectivity index (χ4v) is 1.71. The summed E-state index contributed by atoms with van der Waals surface area (Å²) in [7, 11) is 0.